The third-order valence-electron chi connectivity index (χ3n) is 17.7. The molecule has 0 bridgehead atoms. The van der Waals surface area contributed by atoms with Crippen molar-refractivity contribution in [1.82, 2.24) is 0 Å². The zero-order valence-corrected chi connectivity index (χ0v) is 59.9. The fourth-order valence-electron chi connectivity index (χ4n) is 11.7. The van der Waals surface area contributed by atoms with Gasteiger partial charge in [0, 0.05) is 39.9 Å². The molecule has 0 saturated carbocycles. The molecule has 0 N–H and O–H groups in total. The third kappa shape index (κ3) is 76.2. The molecule has 0 aromatic rings. The van der Waals surface area contributed by atoms with Crippen LogP contribution in [0.4, 0.5) is 0 Å². The normalized spacial score (nSPS) is 12.1. The molecule has 0 amide bonds. The first-order chi connectivity index (χ1) is 42.6. The van der Waals surface area contributed by atoms with E-state index >= 15 is 0 Å². The van der Waals surface area contributed by atoms with E-state index in [1.807, 2.05) is 14.2 Å². The zero-order chi connectivity index (χ0) is 64.4. The highest BCUT2D eigenvalue weighted by Crippen LogP contribution is 2.21. The first-order valence-electron chi connectivity index (χ1n) is 38.1. The summed E-state index contributed by atoms with van der Waals surface area (Å²) >= 11 is 0. The Morgan fingerprint density at radius 1 is 0.207 bits per heavy atom. The number of hydrogen-bond donors (Lipinski definition) is 0. The monoisotopic (exact) mass is 1240 g/mol. The van der Waals surface area contributed by atoms with Crippen LogP contribution < -0.4 is 0 Å². The zero-order valence-electron chi connectivity index (χ0n) is 59.9. The van der Waals surface area contributed by atoms with Gasteiger partial charge in [-0.2, -0.15) is 0 Å². The molecular formula is C77H152O10. The van der Waals surface area contributed by atoms with Crippen molar-refractivity contribution in [3.63, 3.8) is 0 Å². The van der Waals surface area contributed by atoms with Crippen molar-refractivity contribution < 1.29 is 47.6 Å². The van der Waals surface area contributed by atoms with Crippen LogP contribution in [0.3, 0.4) is 0 Å². The molecule has 0 aliphatic heterocycles. The van der Waals surface area contributed by atoms with Crippen molar-refractivity contribution in [3.8, 4) is 0 Å². The van der Waals surface area contributed by atoms with E-state index < -0.39 is 0 Å². The van der Waals surface area contributed by atoms with Gasteiger partial charge in [-0.15, -0.1) is 0 Å². The molecule has 0 aliphatic rings. The Labute approximate surface area is 542 Å². The van der Waals surface area contributed by atoms with Gasteiger partial charge in [0.05, 0.1) is 33.5 Å². The van der Waals surface area contributed by atoms with Crippen molar-refractivity contribution in [3.05, 3.63) is 0 Å². The molecule has 0 aromatic heterocycles. The summed E-state index contributed by atoms with van der Waals surface area (Å²) in [6, 6.07) is 0. The van der Waals surface area contributed by atoms with E-state index in [0.29, 0.717) is 37.9 Å². The van der Waals surface area contributed by atoms with Gasteiger partial charge in [0.25, 0.3) is 0 Å². The summed E-state index contributed by atoms with van der Waals surface area (Å²) in [6.45, 7) is 9.04. The van der Waals surface area contributed by atoms with Crippen LogP contribution in [0.15, 0.2) is 0 Å². The smallest absolute Gasteiger partial charge is 0.306 e. The van der Waals surface area contributed by atoms with Crippen molar-refractivity contribution in [2.75, 3.05) is 35.5 Å². The second kappa shape index (κ2) is 78.0. The minimum atomic E-state index is -0.0957. The van der Waals surface area contributed by atoms with Gasteiger partial charge in [0.2, 0.25) is 0 Å². The van der Waals surface area contributed by atoms with E-state index in [9.17, 15) is 19.2 Å². The minimum Gasteiger partial charge on any atom is -0.469 e. The quantitative estimate of drug-likeness (QED) is 0.0330. The van der Waals surface area contributed by atoms with Gasteiger partial charge in [0.1, 0.15) is 6.10 Å². The first kappa shape index (κ1) is 89.0. The van der Waals surface area contributed by atoms with Crippen molar-refractivity contribution in [2.45, 2.75) is 438 Å². The highest BCUT2D eigenvalue weighted by molar-refractivity contribution is 5.70. The molecule has 0 aliphatic carbocycles. The fourth-order valence-corrected chi connectivity index (χ4v) is 11.7. The van der Waals surface area contributed by atoms with Gasteiger partial charge < -0.3 is 28.4 Å². The van der Waals surface area contributed by atoms with Crippen LogP contribution in [0.1, 0.15) is 419 Å². The molecule has 0 rings (SSSR count). The summed E-state index contributed by atoms with van der Waals surface area (Å²) in [7, 11) is 8.12. The Morgan fingerprint density at radius 3 is 0.563 bits per heavy atom. The summed E-state index contributed by atoms with van der Waals surface area (Å²) in [6.07, 6.45) is 75.4. The Bertz CT molecular complexity index is 1360. The van der Waals surface area contributed by atoms with Crippen LogP contribution in [0.25, 0.3) is 0 Å². The van der Waals surface area contributed by atoms with Crippen LogP contribution in [-0.2, 0) is 47.6 Å². The molecule has 0 spiro atoms. The number of methoxy groups -OCH3 is 5. The van der Waals surface area contributed by atoms with E-state index in [1.165, 1.54) is 323 Å². The van der Waals surface area contributed by atoms with Crippen LogP contribution in [0.5, 0.6) is 0 Å². The van der Waals surface area contributed by atoms with Crippen LogP contribution in [0, 0.1) is 0 Å². The van der Waals surface area contributed by atoms with Gasteiger partial charge >= 0.3 is 23.9 Å². The molecule has 10 heteroatoms. The van der Waals surface area contributed by atoms with E-state index in [2.05, 4.69) is 37.2 Å². The lowest BCUT2D eigenvalue weighted by Crippen LogP contribution is -2.18. The molecule has 3 atom stereocenters. The number of unbranched alkanes of at least 4 members (excludes halogenated alkanes) is 44. The number of esters is 4. The molecule has 10 nitrogen and oxygen atoms in total. The maximum absolute atomic E-state index is 12.6. The van der Waals surface area contributed by atoms with E-state index in [4.69, 9.17) is 18.9 Å². The molecule has 0 radical (unpaired) electrons. The predicted molar refractivity (Wildman–Crippen MR) is 372 cm³/mol. The summed E-state index contributed by atoms with van der Waals surface area (Å²) in [5.74, 6) is -0.214. The lowest BCUT2D eigenvalue weighted by molar-refractivity contribution is -0.150. The lowest BCUT2D eigenvalue weighted by atomic mass is 10.0. The SMILES string of the molecule is CCCCCCC(CCCCCCCCCCC(=O)OC(CCCCCC)CCCCCCCCCCC(=O)OC)OC.CCCCCCC(CCCCCCCCCCC(=O)OC)OC.CCCCCCCCCCCCCCCCCC(=O)OC. The van der Waals surface area contributed by atoms with Gasteiger partial charge in [-0.25, -0.2) is 0 Å². The summed E-state index contributed by atoms with van der Waals surface area (Å²) in [5.41, 5.74) is 0. The second-order valence-corrected chi connectivity index (χ2v) is 25.9. The molecule has 0 heterocycles. The standard InChI is InChI=1S/C38H74O5.C20H40O3.C19H38O2/c1-5-7-9-23-29-35(41-3)30-25-19-15-11-14-18-22-28-34-38(40)43-36(31-24-10-8-6-2)32-26-20-16-12-13-17-21-27-33-37(39)42-4;1-4-5-6-13-16-19(22-2)17-14-11-9-7-8-10-12-15-18-20(21)23-3;1-3-4-5-6-7-8-9-10-11-12-13-14-15-16-17-18-19(20)21-2/h35-36H,5-34H2,1-4H3;19H,4-18H2,1-3H3;3-18H2,1-2H3. The molecule has 0 saturated heterocycles. The predicted octanol–water partition coefficient (Wildman–Crippen LogP) is 24.3. The Morgan fingerprint density at radius 2 is 0.368 bits per heavy atom. The van der Waals surface area contributed by atoms with Gasteiger partial charge in [-0.3, -0.25) is 19.2 Å². The molecule has 3 unspecified atom stereocenters. The topological polar surface area (TPSA) is 124 Å². The number of carbonyl (C=O) groups excluding carboxylic acids is 4. The fraction of sp³-hybridized carbons (Fsp3) is 0.948. The number of ether oxygens (including phenoxy) is 6. The van der Waals surface area contributed by atoms with Crippen LogP contribution >= 0.6 is 0 Å². The maximum atomic E-state index is 12.6. The second-order valence-electron chi connectivity index (χ2n) is 25.9. The lowest BCUT2D eigenvalue weighted by Gasteiger charge is -2.18. The Hall–Kier alpha value is -2.20. The van der Waals surface area contributed by atoms with Gasteiger partial charge in [0.15, 0.2) is 0 Å². The summed E-state index contributed by atoms with van der Waals surface area (Å²) in [4.78, 5) is 45.6. The number of rotatable bonds is 67. The largest absolute Gasteiger partial charge is 0.469 e. The minimum absolute atomic E-state index is 0.0230. The average Bonchev–Trinajstić information content (AvgIpc) is 3.56. The van der Waals surface area contributed by atoms with E-state index in [-0.39, 0.29) is 30.0 Å². The molecule has 0 aromatic carbocycles. The van der Waals surface area contributed by atoms with Crippen molar-refractivity contribution in [2.24, 2.45) is 0 Å². The summed E-state index contributed by atoms with van der Waals surface area (Å²) < 4.78 is 31.2. The molecule has 0 fully saturated rings. The van der Waals surface area contributed by atoms with Crippen molar-refractivity contribution in [1.29, 1.82) is 0 Å². The molecular weight excluding hydrogens is 1080 g/mol. The summed E-state index contributed by atoms with van der Waals surface area (Å²) in [5, 5.41) is 0. The maximum Gasteiger partial charge on any atom is 0.306 e. The highest BCUT2D eigenvalue weighted by Gasteiger charge is 2.15. The van der Waals surface area contributed by atoms with Gasteiger partial charge in [-0.1, -0.05) is 317 Å². The van der Waals surface area contributed by atoms with Crippen molar-refractivity contribution >= 4 is 23.9 Å². The van der Waals surface area contributed by atoms with E-state index in [1.54, 1.807) is 0 Å². The first-order valence-corrected chi connectivity index (χ1v) is 38.1. The highest BCUT2D eigenvalue weighted by atomic mass is 16.5. The number of carbonyl (C=O) groups is 4. The Kier molecular flexibility index (Phi) is 79.8. The van der Waals surface area contributed by atoms with Gasteiger partial charge in [-0.05, 0) is 77.0 Å². The van der Waals surface area contributed by atoms with Crippen LogP contribution in [0.2, 0.25) is 0 Å². The van der Waals surface area contributed by atoms with Crippen LogP contribution in [-0.4, -0.2) is 77.7 Å². The molecule has 520 valence electrons. The van der Waals surface area contributed by atoms with E-state index in [0.717, 1.165) is 64.2 Å². The molecule has 87 heavy (non-hydrogen) atoms. The number of hydrogen-bond acceptors (Lipinski definition) is 10. The Balaban J connectivity index is -0.00000135. The average molecular weight is 1240 g/mol. The third-order valence-corrected chi connectivity index (χ3v) is 17.7.